The zero-order valence-electron chi connectivity index (χ0n) is 9.57. The summed E-state index contributed by atoms with van der Waals surface area (Å²) in [5, 5.41) is 8.79. The van der Waals surface area contributed by atoms with Crippen molar-refractivity contribution in [2.45, 2.75) is 24.1 Å². The van der Waals surface area contributed by atoms with Crippen LogP contribution in [0.1, 0.15) is 0 Å². The number of hydrogen-bond donors (Lipinski definition) is 1. The summed E-state index contributed by atoms with van der Waals surface area (Å²) >= 11 is 0. The lowest BCUT2D eigenvalue weighted by Crippen LogP contribution is -2.62. The van der Waals surface area contributed by atoms with E-state index in [1.54, 1.807) is 0 Å². The molecular formula is C10H5F9O2. The van der Waals surface area contributed by atoms with Crippen LogP contribution < -0.4 is 4.74 Å². The molecule has 0 amide bonds. The van der Waals surface area contributed by atoms with Gasteiger partial charge in [-0.15, -0.1) is 0 Å². The maximum atomic E-state index is 13.0. The predicted molar refractivity (Wildman–Crippen MR) is 49.6 cm³/mol. The average Bonchev–Trinajstić information content (AvgIpc) is 2.30. The Morgan fingerprint density at radius 1 is 0.714 bits per heavy atom. The van der Waals surface area contributed by atoms with Gasteiger partial charge in [-0.25, -0.2) is 0 Å². The van der Waals surface area contributed by atoms with E-state index in [2.05, 4.69) is 4.74 Å². The summed E-state index contributed by atoms with van der Waals surface area (Å²) in [4.78, 5) is 0. The minimum absolute atomic E-state index is 0.477. The molecule has 1 rings (SSSR count). The monoisotopic (exact) mass is 328 g/mol. The second-order valence-corrected chi connectivity index (χ2v) is 3.76. The average molecular weight is 328 g/mol. The van der Waals surface area contributed by atoms with E-state index in [4.69, 9.17) is 5.11 Å². The van der Waals surface area contributed by atoms with Crippen LogP contribution in [-0.4, -0.2) is 29.2 Å². The first kappa shape index (κ1) is 17.2. The van der Waals surface area contributed by atoms with Gasteiger partial charge in [0.15, 0.2) is 0 Å². The molecule has 1 aromatic carbocycles. The number of rotatable bonds is 4. The molecule has 0 aromatic heterocycles. The number of phenolic OH excluding ortho intramolecular Hbond substituents is 1. The van der Waals surface area contributed by atoms with Gasteiger partial charge in [0.2, 0.25) is 0 Å². The zero-order chi connectivity index (χ0) is 16.7. The molecule has 120 valence electrons. The SMILES string of the molecule is Oc1ccc(OC(F)(F)C(F)(F)C(F)(F)C(F)(F)F)cc1. The topological polar surface area (TPSA) is 29.5 Å². The smallest absolute Gasteiger partial charge is 0.471 e. The third kappa shape index (κ3) is 2.95. The third-order valence-corrected chi connectivity index (χ3v) is 2.20. The number of benzene rings is 1. The summed E-state index contributed by atoms with van der Waals surface area (Å²) in [6.07, 6.45) is -13.1. The quantitative estimate of drug-likeness (QED) is 0.840. The van der Waals surface area contributed by atoms with E-state index in [1.807, 2.05) is 0 Å². The van der Waals surface area contributed by atoms with Crippen molar-refractivity contribution >= 4 is 0 Å². The van der Waals surface area contributed by atoms with Crippen LogP contribution in [0.5, 0.6) is 11.5 Å². The fraction of sp³-hybridized carbons (Fsp3) is 0.400. The van der Waals surface area contributed by atoms with E-state index in [1.165, 1.54) is 0 Å². The van der Waals surface area contributed by atoms with Crippen LogP contribution in [0.25, 0.3) is 0 Å². The minimum atomic E-state index is -7.01. The van der Waals surface area contributed by atoms with Gasteiger partial charge < -0.3 is 9.84 Å². The van der Waals surface area contributed by atoms with Gasteiger partial charge in [0.05, 0.1) is 0 Å². The van der Waals surface area contributed by atoms with E-state index >= 15 is 0 Å². The maximum Gasteiger partial charge on any atom is 0.471 e. The number of ether oxygens (including phenoxy) is 1. The molecule has 1 N–H and O–H groups in total. The maximum absolute atomic E-state index is 13.0. The number of halogens is 9. The van der Waals surface area contributed by atoms with Crippen LogP contribution in [0.2, 0.25) is 0 Å². The highest BCUT2D eigenvalue weighted by Crippen LogP contribution is 2.53. The van der Waals surface area contributed by atoms with Crippen molar-refractivity contribution in [1.29, 1.82) is 0 Å². The van der Waals surface area contributed by atoms with E-state index in [9.17, 15) is 39.5 Å². The summed E-state index contributed by atoms with van der Waals surface area (Å²) in [5.41, 5.74) is 0. The Bertz CT molecular complexity index is 492. The van der Waals surface area contributed by atoms with Gasteiger partial charge in [-0.3, -0.25) is 0 Å². The van der Waals surface area contributed by atoms with Crippen molar-refractivity contribution < 1.29 is 49.4 Å². The molecular weight excluding hydrogens is 323 g/mol. The molecule has 0 heterocycles. The Balaban J connectivity index is 3.12. The highest BCUT2D eigenvalue weighted by molar-refractivity contribution is 5.30. The van der Waals surface area contributed by atoms with Crippen molar-refractivity contribution in [1.82, 2.24) is 0 Å². The molecule has 1 aromatic rings. The molecule has 0 aliphatic carbocycles. The predicted octanol–water partition coefficient (Wildman–Crippen LogP) is 4.20. The summed E-state index contributed by atoms with van der Waals surface area (Å²) in [5.74, 6) is -15.5. The first-order valence-corrected chi connectivity index (χ1v) is 4.90. The van der Waals surface area contributed by atoms with E-state index in [0.29, 0.717) is 24.3 Å². The highest BCUT2D eigenvalue weighted by atomic mass is 19.4. The molecule has 21 heavy (non-hydrogen) atoms. The van der Waals surface area contributed by atoms with E-state index < -0.39 is 35.6 Å². The molecule has 2 nitrogen and oxygen atoms in total. The lowest BCUT2D eigenvalue weighted by Gasteiger charge is -2.32. The molecule has 0 unspecified atom stereocenters. The Morgan fingerprint density at radius 3 is 1.52 bits per heavy atom. The molecule has 0 atom stereocenters. The molecule has 0 spiro atoms. The van der Waals surface area contributed by atoms with Gasteiger partial charge >= 0.3 is 24.1 Å². The molecule has 11 heteroatoms. The van der Waals surface area contributed by atoms with Crippen molar-refractivity contribution in [3.63, 3.8) is 0 Å². The van der Waals surface area contributed by atoms with Gasteiger partial charge in [0.1, 0.15) is 11.5 Å². The summed E-state index contributed by atoms with van der Waals surface area (Å²) < 4.78 is 115. The van der Waals surface area contributed by atoms with Gasteiger partial charge in [-0.1, -0.05) is 0 Å². The lowest BCUT2D eigenvalue weighted by atomic mass is 10.1. The first-order valence-electron chi connectivity index (χ1n) is 4.90. The van der Waals surface area contributed by atoms with Crippen molar-refractivity contribution in [3.05, 3.63) is 24.3 Å². The van der Waals surface area contributed by atoms with Gasteiger partial charge in [-0.2, -0.15) is 39.5 Å². The summed E-state index contributed by atoms with van der Waals surface area (Å²) in [7, 11) is 0. The third-order valence-electron chi connectivity index (χ3n) is 2.20. The van der Waals surface area contributed by atoms with Crippen molar-refractivity contribution in [3.8, 4) is 11.5 Å². The van der Waals surface area contributed by atoms with Crippen LogP contribution in [0.15, 0.2) is 24.3 Å². The Kier molecular flexibility index (Phi) is 4.01. The van der Waals surface area contributed by atoms with Gasteiger partial charge in [0, 0.05) is 0 Å². The van der Waals surface area contributed by atoms with Crippen LogP contribution >= 0.6 is 0 Å². The van der Waals surface area contributed by atoms with Crippen molar-refractivity contribution in [2.24, 2.45) is 0 Å². The molecule has 0 saturated heterocycles. The van der Waals surface area contributed by atoms with Gasteiger partial charge in [0.25, 0.3) is 0 Å². The molecule has 0 aliphatic heterocycles. The minimum Gasteiger partial charge on any atom is -0.508 e. The highest BCUT2D eigenvalue weighted by Gasteiger charge is 2.83. The van der Waals surface area contributed by atoms with Crippen molar-refractivity contribution in [2.75, 3.05) is 0 Å². The Morgan fingerprint density at radius 2 is 1.14 bits per heavy atom. The largest absolute Gasteiger partial charge is 0.508 e. The summed E-state index contributed by atoms with van der Waals surface area (Å²) in [6.45, 7) is 0. The lowest BCUT2D eigenvalue weighted by molar-refractivity contribution is -0.428. The van der Waals surface area contributed by atoms with E-state index in [0.717, 1.165) is 0 Å². The molecule has 0 saturated carbocycles. The first-order chi connectivity index (χ1) is 9.22. The number of phenols is 1. The molecule has 0 aliphatic rings. The van der Waals surface area contributed by atoms with Crippen LogP contribution in [0.3, 0.4) is 0 Å². The molecule has 0 fully saturated rings. The number of hydrogen-bond acceptors (Lipinski definition) is 2. The van der Waals surface area contributed by atoms with Crippen LogP contribution in [0.4, 0.5) is 39.5 Å². The Hall–Kier alpha value is -1.81. The molecule has 0 bridgehead atoms. The fourth-order valence-corrected chi connectivity index (χ4v) is 1.09. The van der Waals surface area contributed by atoms with E-state index in [-0.39, 0.29) is 0 Å². The normalized spacial score (nSPS) is 14.1. The standard InChI is InChI=1S/C10H5F9O2/c11-7(12,9(15,16)17)8(13,14)10(18,19)21-6-3-1-5(20)2-4-6/h1-4,20H. The zero-order valence-corrected chi connectivity index (χ0v) is 9.57. The van der Waals surface area contributed by atoms with Crippen LogP contribution in [-0.2, 0) is 0 Å². The number of aromatic hydroxyl groups is 1. The number of alkyl halides is 9. The molecule has 0 radical (unpaired) electrons. The second-order valence-electron chi connectivity index (χ2n) is 3.76. The second kappa shape index (κ2) is 4.88. The fourth-order valence-electron chi connectivity index (χ4n) is 1.09. The Labute approximate surface area is 110 Å². The van der Waals surface area contributed by atoms with Crippen LogP contribution in [0, 0.1) is 0 Å². The van der Waals surface area contributed by atoms with Gasteiger partial charge in [-0.05, 0) is 24.3 Å². The summed E-state index contributed by atoms with van der Waals surface area (Å²) in [6, 6.07) is 2.30.